The lowest BCUT2D eigenvalue weighted by Gasteiger charge is -2.12. The van der Waals surface area contributed by atoms with Gasteiger partial charge in [-0.05, 0) is 30.7 Å². The second-order valence-electron chi connectivity index (χ2n) is 5.54. The Hall–Kier alpha value is -2.76. The first kappa shape index (κ1) is 16.1. The smallest absolute Gasteiger partial charge is 0.255 e. The standard InChI is InChI=1S/C18H20N2O4/c1-12-8-14(17(22-2)11-19-12)18(21)20-10-13-4-5-15-16(9-13)24-7-3-6-23-15/h4-5,8-9,11H,3,6-7,10H2,1-2H3,(H,20,21). The zero-order valence-electron chi connectivity index (χ0n) is 13.8. The Morgan fingerprint density at radius 1 is 1.25 bits per heavy atom. The molecular weight excluding hydrogens is 308 g/mol. The quantitative estimate of drug-likeness (QED) is 0.934. The van der Waals surface area contributed by atoms with Crippen LogP contribution in [0.1, 0.15) is 28.0 Å². The van der Waals surface area contributed by atoms with Crippen LogP contribution in [0.3, 0.4) is 0 Å². The molecule has 1 aromatic heterocycles. The van der Waals surface area contributed by atoms with Crippen LogP contribution in [0.2, 0.25) is 0 Å². The van der Waals surface area contributed by atoms with Gasteiger partial charge in [-0.1, -0.05) is 6.07 Å². The second kappa shape index (κ2) is 7.21. The highest BCUT2D eigenvalue weighted by molar-refractivity contribution is 5.96. The van der Waals surface area contributed by atoms with Crippen molar-refractivity contribution in [1.29, 1.82) is 0 Å². The van der Waals surface area contributed by atoms with Crippen molar-refractivity contribution in [2.45, 2.75) is 19.9 Å². The van der Waals surface area contributed by atoms with E-state index in [0.717, 1.165) is 29.2 Å². The molecule has 6 nitrogen and oxygen atoms in total. The van der Waals surface area contributed by atoms with Crippen LogP contribution >= 0.6 is 0 Å². The molecule has 3 rings (SSSR count). The number of methoxy groups -OCH3 is 1. The molecule has 0 fully saturated rings. The van der Waals surface area contributed by atoms with Gasteiger partial charge in [0.05, 0.1) is 32.1 Å². The highest BCUT2D eigenvalue weighted by Gasteiger charge is 2.14. The van der Waals surface area contributed by atoms with Gasteiger partial charge in [-0.3, -0.25) is 9.78 Å². The van der Waals surface area contributed by atoms with Gasteiger partial charge < -0.3 is 19.5 Å². The number of fused-ring (bicyclic) bond motifs is 1. The fourth-order valence-corrected chi connectivity index (χ4v) is 2.48. The molecule has 1 aromatic carbocycles. The predicted octanol–water partition coefficient (Wildman–Crippen LogP) is 2.49. The molecule has 0 radical (unpaired) electrons. The molecular formula is C18H20N2O4. The molecule has 1 aliphatic heterocycles. The van der Waals surface area contributed by atoms with E-state index >= 15 is 0 Å². The number of nitrogens with zero attached hydrogens (tertiary/aromatic N) is 1. The lowest BCUT2D eigenvalue weighted by molar-refractivity contribution is 0.0947. The van der Waals surface area contributed by atoms with Gasteiger partial charge in [0, 0.05) is 18.7 Å². The van der Waals surface area contributed by atoms with Crippen LogP contribution in [0, 0.1) is 6.92 Å². The summed E-state index contributed by atoms with van der Waals surface area (Å²) in [6.45, 7) is 3.51. The third-order valence-electron chi connectivity index (χ3n) is 3.73. The third kappa shape index (κ3) is 3.59. The van der Waals surface area contributed by atoms with E-state index in [-0.39, 0.29) is 5.91 Å². The van der Waals surface area contributed by atoms with Crippen LogP contribution in [0.5, 0.6) is 17.2 Å². The molecule has 126 valence electrons. The molecule has 0 atom stereocenters. The Morgan fingerprint density at radius 2 is 2.04 bits per heavy atom. The van der Waals surface area contributed by atoms with Gasteiger partial charge in [0.25, 0.3) is 5.91 Å². The largest absolute Gasteiger partial charge is 0.494 e. The number of hydrogen-bond donors (Lipinski definition) is 1. The lowest BCUT2D eigenvalue weighted by atomic mass is 10.1. The van der Waals surface area contributed by atoms with Crippen LogP contribution in [0.15, 0.2) is 30.5 Å². The van der Waals surface area contributed by atoms with E-state index in [1.807, 2.05) is 25.1 Å². The average Bonchev–Trinajstić information content (AvgIpc) is 2.84. The first-order valence-corrected chi connectivity index (χ1v) is 7.85. The van der Waals surface area contributed by atoms with Crippen molar-refractivity contribution in [3.05, 3.63) is 47.3 Å². The SMILES string of the molecule is COc1cnc(C)cc1C(=O)NCc1ccc2c(c1)OCCCO2. The zero-order chi connectivity index (χ0) is 16.9. The number of carbonyl (C=O) groups is 1. The number of benzene rings is 1. The highest BCUT2D eigenvalue weighted by atomic mass is 16.5. The van der Waals surface area contributed by atoms with E-state index in [0.29, 0.717) is 31.1 Å². The molecule has 6 heteroatoms. The van der Waals surface area contributed by atoms with Crippen LogP contribution in [0.25, 0.3) is 0 Å². The van der Waals surface area contributed by atoms with Crippen molar-refractivity contribution in [2.24, 2.45) is 0 Å². The first-order valence-electron chi connectivity index (χ1n) is 7.85. The van der Waals surface area contributed by atoms with E-state index in [9.17, 15) is 4.79 Å². The first-order chi connectivity index (χ1) is 11.7. The summed E-state index contributed by atoms with van der Waals surface area (Å²) in [5.41, 5.74) is 2.17. The van der Waals surface area contributed by atoms with Gasteiger partial charge in [-0.25, -0.2) is 0 Å². The molecule has 0 saturated heterocycles. The lowest BCUT2D eigenvalue weighted by Crippen LogP contribution is -2.23. The molecule has 1 N–H and O–H groups in total. The number of ether oxygens (including phenoxy) is 3. The molecule has 0 saturated carbocycles. The number of pyridine rings is 1. The van der Waals surface area contributed by atoms with E-state index in [4.69, 9.17) is 14.2 Å². The topological polar surface area (TPSA) is 69.7 Å². The van der Waals surface area contributed by atoms with Crippen LogP contribution in [-0.2, 0) is 6.54 Å². The van der Waals surface area contributed by atoms with E-state index < -0.39 is 0 Å². The molecule has 0 spiro atoms. The van der Waals surface area contributed by atoms with Gasteiger partial charge in [0.1, 0.15) is 5.75 Å². The minimum atomic E-state index is -0.204. The Balaban J connectivity index is 1.71. The molecule has 0 aliphatic carbocycles. The maximum Gasteiger partial charge on any atom is 0.255 e. The maximum atomic E-state index is 12.4. The third-order valence-corrected chi connectivity index (χ3v) is 3.73. The number of amides is 1. The van der Waals surface area contributed by atoms with Gasteiger partial charge >= 0.3 is 0 Å². The Bertz CT molecular complexity index is 746. The van der Waals surface area contributed by atoms with Crippen LogP contribution in [0.4, 0.5) is 0 Å². The fraction of sp³-hybridized carbons (Fsp3) is 0.333. The van der Waals surface area contributed by atoms with Gasteiger partial charge in [-0.2, -0.15) is 0 Å². The van der Waals surface area contributed by atoms with Crippen molar-refractivity contribution in [1.82, 2.24) is 10.3 Å². The number of rotatable bonds is 4. The van der Waals surface area contributed by atoms with Crippen molar-refractivity contribution < 1.29 is 19.0 Å². The van der Waals surface area contributed by atoms with E-state index in [2.05, 4.69) is 10.3 Å². The predicted molar refractivity (Wildman–Crippen MR) is 88.7 cm³/mol. The molecule has 2 aromatic rings. The molecule has 1 aliphatic rings. The summed E-state index contributed by atoms with van der Waals surface area (Å²) in [6, 6.07) is 7.40. The number of carbonyl (C=O) groups excluding carboxylic acids is 1. The summed E-state index contributed by atoms with van der Waals surface area (Å²) in [5, 5.41) is 2.90. The number of aromatic nitrogens is 1. The Kier molecular flexibility index (Phi) is 4.84. The summed E-state index contributed by atoms with van der Waals surface area (Å²) < 4.78 is 16.5. The minimum Gasteiger partial charge on any atom is -0.494 e. The molecule has 0 bridgehead atoms. The van der Waals surface area contributed by atoms with Crippen LogP contribution < -0.4 is 19.5 Å². The van der Waals surface area contributed by atoms with Gasteiger partial charge in [0.2, 0.25) is 0 Å². The fourth-order valence-electron chi connectivity index (χ4n) is 2.48. The Morgan fingerprint density at radius 3 is 2.83 bits per heavy atom. The zero-order valence-corrected chi connectivity index (χ0v) is 13.8. The molecule has 0 unspecified atom stereocenters. The number of hydrogen-bond acceptors (Lipinski definition) is 5. The maximum absolute atomic E-state index is 12.4. The van der Waals surface area contributed by atoms with Crippen LogP contribution in [-0.4, -0.2) is 31.2 Å². The summed E-state index contributed by atoms with van der Waals surface area (Å²) in [4.78, 5) is 16.6. The highest BCUT2D eigenvalue weighted by Crippen LogP contribution is 2.30. The van der Waals surface area contributed by atoms with Gasteiger partial charge in [0.15, 0.2) is 11.5 Å². The number of aryl methyl sites for hydroxylation is 1. The van der Waals surface area contributed by atoms with Crippen molar-refractivity contribution >= 4 is 5.91 Å². The van der Waals surface area contributed by atoms with E-state index in [1.54, 1.807) is 12.3 Å². The summed E-state index contributed by atoms with van der Waals surface area (Å²) >= 11 is 0. The normalized spacial score (nSPS) is 13.1. The number of nitrogens with one attached hydrogen (secondary N) is 1. The summed E-state index contributed by atoms with van der Waals surface area (Å²) in [5.74, 6) is 1.71. The van der Waals surface area contributed by atoms with E-state index in [1.165, 1.54) is 7.11 Å². The van der Waals surface area contributed by atoms with Crippen molar-refractivity contribution in [3.8, 4) is 17.2 Å². The van der Waals surface area contributed by atoms with Crippen molar-refractivity contribution in [2.75, 3.05) is 20.3 Å². The second-order valence-corrected chi connectivity index (χ2v) is 5.54. The molecule has 24 heavy (non-hydrogen) atoms. The minimum absolute atomic E-state index is 0.204. The summed E-state index contributed by atoms with van der Waals surface area (Å²) in [6.07, 6.45) is 2.42. The molecule has 1 amide bonds. The average molecular weight is 328 g/mol. The van der Waals surface area contributed by atoms with Gasteiger partial charge in [-0.15, -0.1) is 0 Å². The molecule has 2 heterocycles. The monoisotopic (exact) mass is 328 g/mol. The van der Waals surface area contributed by atoms with Crippen molar-refractivity contribution in [3.63, 3.8) is 0 Å². The Labute approximate surface area is 140 Å². The summed E-state index contributed by atoms with van der Waals surface area (Å²) in [7, 11) is 1.52.